The first kappa shape index (κ1) is 21.7. The molecule has 2 heterocycles. The van der Waals surface area contributed by atoms with Crippen molar-refractivity contribution in [2.45, 2.75) is 12.1 Å². The van der Waals surface area contributed by atoms with Crippen LogP contribution in [0.15, 0.2) is 83.2 Å². The Bertz CT molecular complexity index is 1220. The number of hydrogen-bond donors (Lipinski definition) is 1. The molecular weight excluding hydrogens is 444 g/mol. The van der Waals surface area contributed by atoms with Crippen LogP contribution in [0.25, 0.3) is 17.1 Å². The van der Waals surface area contributed by atoms with E-state index in [0.29, 0.717) is 21.7 Å². The summed E-state index contributed by atoms with van der Waals surface area (Å²) in [6, 6.07) is 20.9. The van der Waals surface area contributed by atoms with Crippen molar-refractivity contribution in [1.29, 1.82) is 0 Å². The second-order valence-electron chi connectivity index (χ2n) is 6.82. The van der Waals surface area contributed by atoms with Crippen molar-refractivity contribution >= 4 is 35.5 Å². The van der Waals surface area contributed by atoms with E-state index in [4.69, 9.17) is 11.6 Å². The summed E-state index contributed by atoms with van der Waals surface area (Å²) >= 11 is 7.34. The molecule has 1 amide bonds. The fraction of sp³-hybridized carbons (Fsp3) is 0.0870. The number of aromatic nitrogens is 4. The summed E-state index contributed by atoms with van der Waals surface area (Å²) in [6.07, 6.45) is 3.16. The van der Waals surface area contributed by atoms with Crippen molar-refractivity contribution in [3.05, 3.63) is 89.2 Å². The molecule has 160 valence electrons. The zero-order valence-electron chi connectivity index (χ0n) is 17.1. The average molecular weight is 463 g/mol. The largest absolute Gasteiger partial charge is 0.272 e. The predicted molar refractivity (Wildman–Crippen MR) is 127 cm³/mol. The lowest BCUT2D eigenvalue weighted by Crippen LogP contribution is -2.20. The van der Waals surface area contributed by atoms with Gasteiger partial charge in [-0.2, -0.15) is 5.10 Å². The molecular formula is C23H19ClN6OS. The van der Waals surface area contributed by atoms with Gasteiger partial charge in [0.1, 0.15) is 0 Å². The highest BCUT2D eigenvalue weighted by atomic mass is 35.5. The number of benzene rings is 2. The summed E-state index contributed by atoms with van der Waals surface area (Å²) in [5.41, 5.74) is 6.10. The van der Waals surface area contributed by atoms with E-state index in [1.54, 1.807) is 12.3 Å². The number of carbonyl (C=O) groups is 1. The van der Waals surface area contributed by atoms with Gasteiger partial charge in [0.2, 0.25) is 0 Å². The summed E-state index contributed by atoms with van der Waals surface area (Å²) in [5.74, 6) is 0.548. The van der Waals surface area contributed by atoms with Gasteiger partial charge in [-0.15, -0.1) is 10.2 Å². The second kappa shape index (κ2) is 10.2. The minimum atomic E-state index is -0.260. The molecule has 0 aliphatic carbocycles. The lowest BCUT2D eigenvalue weighted by molar-refractivity contribution is -0.118. The zero-order valence-corrected chi connectivity index (χ0v) is 18.7. The molecule has 32 heavy (non-hydrogen) atoms. The maximum Gasteiger partial charge on any atom is 0.250 e. The van der Waals surface area contributed by atoms with Crippen molar-refractivity contribution in [3.63, 3.8) is 0 Å². The Balaban J connectivity index is 1.53. The van der Waals surface area contributed by atoms with Gasteiger partial charge in [0.25, 0.3) is 5.91 Å². The standard InChI is InChI=1S/C23H19ClN6OS/c1-16-5-7-17(8-6-16)22-28-29-23(30(22)20-11-9-18(24)10-12-20)32-15-21(31)27-26-14-19-4-2-3-13-25-19/h2-14H,15H2,1H3,(H,27,31)/b26-14-. The van der Waals surface area contributed by atoms with Crippen LogP contribution in [0.1, 0.15) is 11.3 Å². The van der Waals surface area contributed by atoms with E-state index in [2.05, 4.69) is 25.7 Å². The van der Waals surface area contributed by atoms with E-state index in [1.807, 2.05) is 72.2 Å². The van der Waals surface area contributed by atoms with Gasteiger partial charge in [0.05, 0.1) is 17.7 Å². The number of amides is 1. The summed E-state index contributed by atoms with van der Waals surface area (Å²) in [5, 5.41) is 13.9. The number of hydrazone groups is 1. The molecule has 0 unspecified atom stereocenters. The van der Waals surface area contributed by atoms with Gasteiger partial charge in [-0.05, 0) is 43.3 Å². The SMILES string of the molecule is Cc1ccc(-c2nnc(SCC(=O)N/N=C\c3ccccn3)n2-c2ccc(Cl)cc2)cc1. The van der Waals surface area contributed by atoms with E-state index >= 15 is 0 Å². The highest BCUT2D eigenvalue weighted by Crippen LogP contribution is 2.28. The molecule has 0 saturated heterocycles. The quantitative estimate of drug-likeness (QED) is 0.248. The molecule has 0 fully saturated rings. The lowest BCUT2D eigenvalue weighted by atomic mass is 10.1. The Hall–Kier alpha value is -3.49. The summed E-state index contributed by atoms with van der Waals surface area (Å²) in [6.45, 7) is 2.03. The maximum absolute atomic E-state index is 12.3. The Labute approximate surface area is 194 Å². The van der Waals surface area contributed by atoms with Gasteiger partial charge in [-0.3, -0.25) is 14.3 Å². The van der Waals surface area contributed by atoms with Crippen molar-refractivity contribution in [3.8, 4) is 17.1 Å². The van der Waals surface area contributed by atoms with Crippen molar-refractivity contribution in [1.82, 2.24) is 25.2 Å². The lowest BCUT2D eigenvalue weighted by Gasteiger charge is -2.10. The third-order valence-electron chi connectivity index (χ3n) is 4.43. The number of aryl methyl sites for hydroxylation is 1. The van der Waals surface area contributed by atoms with Crippen LogP contribution in [0.3, 0.4) is 0 Å². The third-order valence-corrected chi connectivity index (χ3v) is 5.62. The molecule has 2 aromatic carbocycles. The van der Waals surface area contributed by atoms with Gasteiger partial charge in [-0.25, -0.2) is 5.43 Å². The number of nitrogens with one attached hydrogen (secondary N) is 1. The molecule has 1 N–H and O–H groups in total. The highest BCUT2D eigenvalue weighted by molar-refractivity contribution is 7.99. The molecule has 7 nitrogen and oxygen atoms in total. The minimum Gasteiger partial charge on any atom is -0.272 e. The van der Waals surface area contributed by atoms with Crippen LogP contribution in [0.5, 0.6) is 0 Å². The number of halogens is 1. The molecule has 2 aromatic heterocycles. The van der Waals surface area contributed by atoms with Crippen molar-refractivity contribution in [2.75, 3.05) is 5.75 Å². The van der Waals surface area contributed by atoms with Crippen LogP contribution >= 0.6 is 23.4 Å². The Morgan fingerprint density at radius 2 is 1.88 bits per heavy atom. The fourth-order valence-electron chi connectivity index (χ4n) is 2.86. The van der Waals surface area contributed by atoms with Gasteiger partial charge in [0.15, 0.2) is 11.0 Å². The number of rotatable bonds is 7. The molecule has 0 atom stereocenters. The second-order valence-corrected chi connectivity index (χ2v) is 8.20. The van der Waals surface area contributed by atoms with Crippen LogP contribution in [-0.4, -0.2) is 37.6 Å². The number of hydrogen-bond acceptors (Lipinski definition) is 6. The smallest absolute Gasteiger partial charge is 0.250 e. The monoisotopic (exact) mass is 462 g/mol. The zero-order chi connectivity index (χ0) is 22.3. The fourth-order valence-corrected chi connectivity index (χ4v) is 3.73. The summed E-state index contributed by atoms with van der Waals surface area (Å²) in [4.78, 5) is 16.4. The Morgan fingerprint density at radius 3 is 2.59 bits per heavy atom. The van der Waals surface area contributed by atoms with E-state index < -0.39 is 0 Å². The predicted octanol–water partition coefficient (Wildman–Crippen LogP) is 4.53. The minimum absolute atomic E-state index is 0.124. The molecule has 0 bridgehead atoms. The number of carbonyl (C=O) groups excluding carboxylic acids is 1. The first-order valence-electron chi connectivity index (χ1n) is 9.74. The molecule has 4 aromatic rings. The van der Waals surface area contributed by atoms with E-state index in [9.17, 15) is 4.79 Å². The Kier molecular flexibility index (Phi) is 6.94. The Morgan fingerprint density at radius 1 is 1.09 bits per heavy atom. The van der Waals surface area contributed by atoms with Gasteiger partial charge < -0.3 is 0 Å². The van der Waals surface area contributed by atoms with Crippen LogP contribution in [0.2, 0.25) is 5.02 Å². The number of nitrogens with zero attached hydrogens (tertiary/aromatic N) is 5. The van der Waals surface area contributed by atoms with Crippen LogP contribution < -0.4 is 5.43 Å². The first-order chi connectivity index (χ1) is 15.6. The van der Waals surface area contributed by atoms with Crippen LogP contribution in [-0.2, 0) is 4.79 Å². The maximum atomic E-state index is 12.3. The van der Waals surface area contributed by atoms with Crippen molar-refractivity contribution < 1.29 is 4.79 Å². The molecule has 0 aliphatic heterocycles. The van der Waals surface area contributed by atoms with Gasteiger partial charge >= 0.3 is 0 Å². The molecule has 0 radical (unpaired) electrons. The molecule has 4 rings (SSSR count). The summed E-state index contributed by atoms with van der Waals surface area (Å²) < 4.78 is 1.91. The highest BCUT2D eigenvalue weighted by Gasteiger charge is 2.17. The normalized spacial score (nSPS) is 11.1. The van der Waals surface area contributed by atoms with Crippen LogP contribution in [0.4, 0.5) is 0 Å². The van der Waals surface area contributed by atoms with Gasteiger partial charge in [-0.1, -0.05) is 59.3 Å². The topological polar surface area (TPSA) is 85.1 Å². The average Bonchev–Trinajstić information content (AvgIpc) is 3.23. The number of pyridine rings is 1. The van der Waals surface area contributed by atoms with E-state index in [-0.39, 0.29) is 11.7 Å². The van der Waals surface area contributed by atoms with E-state index in [0.717, 1.165) is 16.8 Å². The van der Waals surface area contributed by atoms with Crippen molar-refractivity contribution in [2.24, 2.45) is 5.10 Å². The van der Waals surface area contributed by atoms with E-state index in [1.165, 1.54) is 18.0 Å². The summed E-state index contributed by atoms with van der Waals surface area (Å²) in [7, 11) is 0. The molecule has 0 saturated carbocycles. The molecule has 0 spiro atoms. The third kappa shape index (κ3) is 5.40. The van der Waals surface area contributed by atoms with Gasteiger partial charge in [0, 0.05) is 22.5 Å². The number of thioether (sulfide) groups is 1. The molecule has 9 heteroatoms. The van der Waals surface area contributed by atoms with Crippen LogP contribution in [0, 0.1) is 6.92 Å². The molecule has 0 aliphatic rings. The first-order valence-corrected chi connectivity index (χ1v) is 11.1.